The number of hydrogen-bond acceptors (Lipinski definition) is 3. The van der Waals surface area contributed by atoms with E-state index in [1.54, 1.807) is 18.2 Å². The largest absolute Gasteiger partial charge is 0.350 e. The van der Waals surface area contributed by atoms with Crippen LogP contribution in [-0.4, -0.2) is 15.5 Å². The van der Waals surface area contributed by atoms with Gasteiger partial charge in [-0.05, 0) is 30.2 Å². The van der Waals surface area contributed by atoms with E-state index in [1.165, 1.54) is 10.9 Å². The normalized spacial score (nSPS) is 10.7. The molecule has 1 N–H and O–H groups in total. The number of carbonyl (C=O) groups excluding carboxylic acids is 1. The van der Waals surface area contributed by atoms with Crippen LogP contribution < -0.4 is 10.9 Å². The van der Waals surface area contributed by atoms with Gasteiger partial charge in [0.1, 0.15) is 6.54 Å². The quantitative estimate of drug-likeness (QED) is 0.802. The average molecular weight is 307 g/mol. The summed E-state index contributed by atoms with van der Waals surface area (Å²) in [5.74, 6) is -0.215. The van der Waals surface area contributed by atoms with Gasteiger partial charge in [0.2, 0.25) is 5.91 Å². The first kappa shape index (κ1) is 15.0. The predicted octanol–water partition coefficient (Wildman–Crippen LogP) is 2.02. The Balaban J connectivity index is 1.72. The molecule has 0 bridgehead atoms. The molecule has 23 heavy (non-hydrogen) atoms. The molecule has 3 rings (SSSR count). The van der Waals surface area contributed by atoms with Gasteiger partial charge in [-0.2, -0.15) is 0 Å². The fourth-order valence-electron chi connectivity index (χ4n) is 2.43. The fraction of sp³-hybridized carbons (Fsp3) is 0.167. The van der Waals surface area contributed by atoms with Crippen LogP contribution in [0.15, 0.2) is 59.7 Å². The maximum Gasteiger partial charge on any atom is 0.261 e. The highest BCUT2D eigenvalue weighted by atomic mass is 16.2. The molecule has 0 saturated heterocycles. The number of amides is 1. The molecule has 2 aromatic carbocycles. The maximum atomic E-state index is 12.3. The van der Waals surface area contributed by atoms with Gasteiger partial charge in [0.25, 0.3) is 5.56 Å². The molecule has 1 heterocycles. The van der Waals surface area contributed by atoms with Gasteiger partial charge in [0.05, 0.1) is 17.2 Å². The van der Waals surface area contributed by atoms with Gasteiger partial charge >= 0.3 is 0 Å². The Hall–Kier alpha value is -2.95. The van der Waals surface area contributed by atoms with Crippen LogP contribution in [0.3, 0.4) is 0 Å². The van der Waals surface area contributed by atoms with E-state index in [-0.39, 0.29) is 18.0 Å². The van der Waals surface area contributed by atoms with Crippen LogP contribution in [0, 0.1) is 6.92 Å². The summed E-state index contributed by atoms with van der Waals surface area (Å²) in [7, 11) is 0. The number of nitrogens with one attached hydrogen (secondary N) is 1. The Morgan fingerprint density at radius 3 is 2.70 bits per heavy atom. The smallest absolute Gasteiger partial charge is 0.261 e. The zero-order valence-corrected chi connectivity index (χ0v) is 12.8. The van der Waals surface area contributed by atoms with Crippen LogP contribution in [0.2, 0.25) is 0 Å². The first-order chi connectivity index (χ1) is 11.1. The summed E-state index contributed by atoms with van der Waals surface area (Å²) < 4.78 is 1.33. The Morgan fingerprint density at radius 1 is 1.13 bits per heavy atom. The molecule has 1 amide bonds. The lowest BCUT2D eigenvalue weighted by Gasteiger charge is -2.09. The molecule has 0 radical (unpaired) electrons. The van der Waals surface area contributed by atoms with Gasteiger partial charge < -0.3 is 5.32 Å². The molecule has 0 unspecified atom stereocenters. The molecule has 0 aliphatic rings. The third-order valence-corrected chi connectivity index (χ3v) is 3.78. The molecule has 5 nitrogen and oxygen atoms in total. The van der Waals surface area contributed by atoms with E-state index in [1.807, 2.05) is 37.3 Å². The zero-order chi connectivity index (χ0) is 16.2. The number of fused-ring (bicyclic) bond motifs is 1. The lowest BCUT2D eigenvalue weighted by Crippen LogP contribution is -2.32. The molecule has 3 aromatic rings. The summed E-state index contributed by atoms with van der Waals surface area (Å²) in [5.41, 5.74) is 2.61. The van der Waals surface area contributed by atoms with Crippen molar-refractivity contribution in [3.8, 4) is 0 Å². The minimum absolute atomic E-state index is 0.0391. The van der Waals surface area contributed by atoms with Gasteiger partial charge in [-0.15, -0.1) is 0 Å². The van der Waals surface area contributed by atoms with Crippen LogP contribution in [-0.2, 0) is 17.9 Å². The van der Waals surface area contributed by atoms with Crippen LogP contribution in [0.1, 0.15) is 11.1 Å². The lowest BCUT2D eigenvalue weighted by atomic mass is 10.1. The van der Waals surface area contributed by atoms with Crippen LogP contribution in [0.4, 0.5) is 0 Å². The van der Waals surface area contributed by atoms with E-state index in [4.69, 9.17) is 0 Å². The summed E-state index contributed by atoms with van der Waals surface area (Å²) in [4.78, 5) is 28.6. The van der Waals surface area contributed by atoms with Gasteiger partial charge in [0.15, 0.2) is 0 Å². The highest BCUT2D eigenvalue weighted by Gasteiger charge is 2.08. The van der Waals surface area contributed by atoms with Crippen molar-refractivity contribution in [1.82, 2.24) is 14.9 Å². The number of aromatic nitrogens is 2. The summed E-state index contributed by atoms with van der Waals surface area (Å²) in [6, 6.07) is 15.0. The van der Waals surface area contributed by atoms with Crippen molar-refractivity contribution in [2.45, 2.75) is 20.0 Å². The van der Waals surface area contributed by atoms with E-state index >= 15 is 0 Å². The molecule has 0 aliphatic heterocycles. The number of para-hydroxylation sites is 1. The van der Waals surface area contributed by atoms with Crippen molar-refractivity contribution in [3.63, 3.8) is 0 Å². The van der Waals surface area contributed by atoms with E-state index in [9.17, 15) is 9.59 Å². The van der Waals surface area contributed by atoms with Crippen molar-refractivity contribution < 1.29 is 4.79 Å². The average Bonchev–Trinajstić information content (AvgIpc) is 2.57. The Labute approximate surface area is 133 Å². The third-order valence-electron chi connectivity index (χ3n) is 3.78. The number of aryl methyl sites for hydroxylation is 1. The van der Waals surface area contributed by atoms with Crippen molar-refractivity contribution in [2.24, 2.45) is 0 Å². The minimum Gasteiger partial charge on any atom is -0.350 e. The SMILES string of the molecule is Cc1ccccc1CNC(=O)Cn1cnc2ccccc2c1=O. The number of nitrogens with zero attached hydrogens (tertiary/aromatic N) is 2. The van der Waals surface area contributed by atoms with Crippen LogP contribution in [0.5, 0.6) is 0 Å². The Bertz CT molecular complexity index is 915. The fourth-order valence-corrected chi connectivity index (χ4v) is 2.43. The molecule has 0 spiro atoms. The number of benzene rings is 2. The molecule has 0 aliphatic carbocycles. The topological polar surface area (TPSA) is 64.0 Å². The van der Waals surface area contributed by atoms with Gasteiger partial charge in [0, 0.05) is 6.54 Å². The number of carbonyl (C=O) groups is 1. The van der Waals surface area contributed by atoms with Crippen molar-refractivity contribution >= 4 is 16.8 Å². The first-order valence-electron chi connectivity index (χ1n) is 7.40. The number of rotatable bonds is 4. The summed E-state index contributed by atoms with van der Waals surface area (Å²) in [5, 5.41) is 3.35. The van der Waals surface area contributed by atoms with Gasteiger partial charge in [-0.25, -0.2) is 4.98 Å². The van der Waals surface area contributed by atoms with Crippen LogP contribution in [0.25, 0.3) is 10.9 Å². The molecule has 0 atom stereocenters. The molecule has 5 heteroatoms. The van der Waals surface area contributed by atoms with Crippen molar-refractivity contribution in [2.75, 3.05) is 0 Å². The number of hydrogen-bond donors (Lipinski definition) is 1. The molecular formula is C18H17N3O2. The van der Waals surface area contributed by atoms with E-state index < -0.39 is 0 Å². The molecule has 0 saturated carbocycles. The molecule has 0 fully saturated rings. The lowest BCUT2D eigenvalue weighted by molar-refractivity contribution is -0.121. The predicted molar refractivity (Wildman–Crippen MR) is 89.0 cm³/mol. The molecule has 116 valence electrons. The zero-order valence-electron chi connectivity index (χ0n) is 12.8. The van der Waals surface area contributed by atoms with Crippen molar-refractivity contribution in [1.29, 1.82) is 0 Å². The van der Waals surface area contributed by atoms with Gasteiger partial charge in [-0.1, -0.05) is 36.4 Å². The van der Waals surface area contributed by atoms with Crippen molar-refractivity contribution in [3.05, 3.63) is 76.3 Å². The highest BCUT2D eigenvalue weighted by molar-refractivity contribution is 5.78. The first-order valence-corrected chi connectivity index (χ1v) is 7.40. The summed E-state index contributed by atoms with van der Waals surface area (Å²) in [6.07, 6.45) is 1.41. The van der Waals surface area contributed by atoms with Crippen LogP contribution >= 0.6 is 0 Å². The monoisotopic (exact) mass is 307 g/mol. The summed E-state index contributed by atoms with van der Waals surface area (Å²) in [6.45, 7) is 2.41. The maximum absolute atomic E-state index is 12.3. The molecular weight excluding hydrogens is 290 g/mol. The second kappa shape index (κ2) is 6.44. The van der Waals surface area contributed by atoms with E-state index in [0.29, 0.717) is 17.4 Å². The Kier molecular flexibility index (Phi) is 4.19. The second-order valence-electron chi connectivity index (χ2n) is 5.40. The van der Waals surface area contributed by atoms with E-state index in [0.717, 1.165) is 11.1 Å². The van der Waals surface area contributed by atoms with E-state index in [2.05, 4.69) is 10.3 Å². The standard InChI is InChI=1S/C18H17N3O2/c1-13-6-2-3-7-14(13)10-19-17(22)11-21-12-20-16-9-5-4-8-15(16)18(21)23/h2-9,12H,10-11H2,1H3,(H,19,22). The minimum atomic E-state index is -0.215. The summed E-state index contributed by atoms with van der Waals surface area (Å²) >= 11 is 0. The third kappa shape index (κ3) is 3.29. The molecule has 1 aromatic heterocycles. The van der Waals surface area contributed by atoms with Gasteiger partial charge in [-0.3, -0.25) is 14.2 Å². The Morgan fingerprint density at radius 2 is 1.87 bits per heavy atom. The second-order valence-corrected chi connectivity index (χ2v) is 5.40. The highest BCUT2D eigenvalue weighted by Crippen LogP contribution is 2.06.